The first-order valence-corrected chi connectivity index (χ1v) is 14.5. The third-order valence-electron chi connectivity index (χ3n) is 6.30. The summed E-state index contributed by atoms with van der Waals surface area (Å²) in [5.41, 5.74) is 3.25. The molecular formula is C34H30ClN7O4. The summed E-state index contributed by atoms with van der Waals surface area (Å²) < 4.78 is 5.30. The number of ether oxygens (including phenoxy) is 1. The van der Waals surface area contributed by atoms with E-state index in [1.807, 2.05) is 12.1 Å². The van der Waals surface area contributed by atoms with Crippen molar-refractivity contribution in [3.8, 4) is 11.3 Å². The van der Waals surface area contributed by atoms with Gasteiger partial charge in [0.15, 0.2) is 0 Å². The van der Waals surface area contributed by atoms with E-state index in [9.17, 15) is 14.4 Å². The Morgan fingerprint density at radius 3 is 2.07 bits per heavy atom. The van der Waals surface area contributed by atoms with E-state index in [1.54, 1.807) is 100 Å². The van der Waals surface area contributed by atoms with Gasteiger partial charge in [-0.05, 0) is 93.6 Å². The second-order valence-corrected chi connectivity index (χ2v) is 11.4. The summed E-state index contributed by atoms with van der Waals surface area (Å²) in [5.74, 6) is -0.487. The van der Waals surface area contributed by atoms with Crippen molar-refractivity contribution in [1.82, 2.24) is 15.0 Å². The van der Waals surface area contributed by atoms with E-state index >= 15 is 0 Å². The average Bonchev–Trinajstić information content (AvgIpc) is 3.03. The standard InChI is InChI=1S/C34H30ClN7O4/c1-34(2,3)46-33(45)42-28-9-5-4-8-27(28)39-31(44)22-12-10-21(11-13-22)30(43)38-24-14-15-25(35)29(19-24)41-32-37-18-16-26(40-32)23-7-6-17-36-20-23/h4-20H,1-3H3,(H,38,43)(H,39,44)(H,42,45)(H,37,40,41). The van der Waals surface area contributed by atoms with Gasteiger partial charge in [0.25, 0.3) is 11.8 Å². The molecule has 232 valence electrons. The van der Waals surface area contributed by atoms with E-state index in [0.29, 0.717) is 50.5 Å². The maximum atomic E-state index is 13.0. The van der Waals surface area contributed by atoms with Crippen LogP contribution in [0, 0.1) is 0 Å². The quantitative estimate of drug-likeness (QED) is 0.135. The Bertz CT molecular complexity index is 1880. The van der Waals surface area contributed by atoms with Gasteiger partial charge in [-0.25, -0.2) is 14.8 Å². The van der Waals surface area contributed by atoms with E-state index in [1.165, 1.54) is 12.1 Å². The normalized spacial score (nSPS) is 10.9. The Hall–Kier alpha value is -5.81. The lowest BCUT2D eigenvalue weighted by atomic mass is 10.1. The minimum Gasteiger partial charge on any atom is -0.444 e. The van der Waals surface area contributed by atoms with E-state index in [4.69, 9.17) is 16.3 Å². The molecule has 11 nitrogen and oxygen atoms in total. The predicted octanol–water partition coefficient (Wildman–Crippen LogP) is 7.79. The molecule has 0 atom stereocenters. The van der Waals surface area contributed by atoms with Gasteiger partial charge in [0.1, 0.15) is 5.60 Å². The largest absolute Gasteiger partial charge is 0.444 e. The van der Waals surface area contributed by atoms with Crippen LogP contribution in [0.15, 0.2) is 104 Å². The van der Waals surface area contributed by atoms with Crippen molar-refractivity contribution < 1.29 is 19.1 Å². The molecule has 12 heteroatoms. The smallest absolute Gasteiger partial charge is 0.412 e. The summed E-state index contributed by atoms with van der Waals surface area (Å²) in [4.78, 5) is 51.2. The van der Waals surface area contributed by atoms with Crippen LogP contribution in [0.25, 0.3) is 11.3 Å². The third-order valence-corrected chi connectivity index (χ3v) is 6.63. The van der Waals surface area contributed by atoms with Crippen molar-refractivity contribution in [3.63, 3.8) is 0 Å². The predicted molar refractivity (Wildman–Crippen MR) is 179 cm³/mol. The van der Waals surface area contributed by atoms with Crippen LogP contribution in [0.4, 0.5) is 33.5 Å². The Morgan fingerprint density at radius 1 is 0.739 bits per heavy atom. The monoisotopic (exact) mass is 635 g/mol. The fourth-order valence-electron chi connectivity index (χ4n) is 4.20. The van der Waals surface area contributed by atoms with E-state index in [-0.39, 0.29) is 5.91 Å². The number of amides is 3. The van der Waals surface area contributed by atoms with Gasteiger partial charge in [0, 0.05) is 41.0 Å². The van der Waals surface area contributed by atoms with Crippen molar-refractivity contribution in [2.45, 2.75) is 26.4 Å². The number of hydrogen-bond acceptors (Lipinski definition) is 8. The van der Waals surface area contributed by atoms with Crippen LogP contribution in [0.5, 0.6) is 0 Å². The number of rotatable bonds is 8. The molecule has 0 saturated heterocycles. The lowest BCUT2D eigenvalue weighted by Crippen LogP contribution is -2.27. The molecule has 4 N–H and O–H groups in total. The number of benzene rings is 3. The number of carbonyl (C=O) groups excluding carboxylic acids is 3. The number of nitrogens with zero attached hydrogens (tertiary/aromatic N) is 3. The molecule has 5 aromatic rings. The molecule has 0 saturated carbocycles. The fraction of sp³-hybridized carbons (Fsp3) is 0.118. The van der Waals surface area contributed by atoms with Crippen molar-refractivity contribution >= 4 is 58.2 Å². The first-order chi connectivity index (χ1) is 22.0. The maximum absolute atomic E-state index is 13.0. The van der Waals surface area contributed by atoms with Gasteiger partial charge in [-0.3, -0.25) is 19.9 Å². The van der Waals surface area contributed by atoms with Crippen molar-refractivity contribution in [3.05, 3.63) is 120 Å². The summed E-state index contributed by atoms with van der Waals surface area (Å²) in [6.07, 6.45) is 4.38. The van der Waals surface area contributed by atoms with Gasteiger partial charge in [-0.2, -0.15) is 0 Å². The van der Waals surface area contributed by atoms with E-state index < -0.39 is 17.6 Å². The zero-order valence-electron chi connectivity index (χ0n) is 25.2. The Morgan fingerprint density at radius 2 is 1.41 bits per heavy atom. The first kappa shape index (κ1) is 31.6. The van der Waals surface area contributed by atoms with Crippen molar-refractivity contribution in [2.75, 3.05) is 21.3 Å². The highest BCUT2D eigenvalue weighted by Crippen LogP contribution is 2.29. The number of nitrogens with one attached hydrogen (secondary N) is 4. The zero-order chi connectivity index (χ0) is 32.7. The van der Waals surface area contributed by atoms with Crippen LogP contribution in [0.1, 0.15) is 41.5 Å². The molecule has 0 fully saturated rings. The number of hydrogen-bond donors (Lipinski definition) is 4. The molecule has 2 heterocycles. The zero-order valence-corrected chi connectivity index (χ0v) is 25.9. The van der Waals surface area contributed by atoms with Gasteiger partial charge >= 0.3 is 6.09 Å². The Balaban J connectivity index is 1.23. The van der Waals surface area contributed by atoms with Crippen LogP contribution in [0.2, 0.25) is 5.02 Å². The first-order valence-electron chi connectivity index (χ1n) is 14.2. The topological polar surface area (TPSA) is 147 Å². The highest BCUT2D eigenvalue weighted by molar-refractivity contribution is 6.33. The second kappa shape index (κ2) is 13.9. The Labute approximate surface area is 270 Å². The molecule has 3 amide bonds. The SMILES string of the molecule is CC(C)(C)OC(=O)Nc1ccccc1NC(=O)c1ccc(C(=O)Nc2ccc(Cl)c(Nc3nccc(-c4cccnc4)n3)c2)cc1. The van der Waals surface area contributed by atoms with E-state index in [0.717, 1.165) is 5.56 Å². The fourth-order valence-corrected chi connectivity index (χ4v) is 4.36. The summed E-state index contributed by atoms with van der Waals surface area (Å²) in [5, 5.41) is 11.8. The average molecular weight is 636 g/mol. The molecule has 3 aromatic carbocycles. The molecule has 46 heavy (non-hydrogen) atoms. The van der Waals surface area contributed by atoms with Crippen LogP contribution >= 0.6 is 11.6 Å². The molecule has 0 spiro atoms. The lowest BCUT2D eigenvalue weighted by molar-refractivity contribution is 0.0635. The number of para-hydroxylation sites is 2. The number of aromatic nitrogens is 3. The van der Waals surface area contributed by atoms with Crippen LogP contribution in [-0.2, 0) is 4.74 Å². The minimum atomic E-state index is -0.675. The minimum absolute atomic E-state index is 0.315. The van der Waals surface area contributed by atoms with Gasteiger partial charge in [-0.15, -0.1) is 0 Å². The van der Waals surface area contributed by atoms with Gasteiger partial charge in [0.05, 0.1) is 27.8 Å². The summed E-state index contributed by atoms with van der Waals surface area (Å²) in [6, 6.07) is 23.4. The Kier molecular flexibility index (Phi) is 9.53. The molecule has 0 radical (unpaired) electrons. The van der Waals surface area contributed by atoms with Crippen molar-refractivity contribution in [2.24, 2.45) is 0 Å². The van der Waals surface area contributed by atoms with E-state index in [2.05, 4.69) is 36.2 Å². The third kappa shape index (κ3) is 8.42. The summed E-state index contributed by atoms with van der Waals surface area (Å²) in [7, 11) is 0. The van der Waals surface area contributed by atoms with Crippen LogP contribution in [0.3, 0.4) is 0 Å². The van der Waals surface area contributed by atoms with Crippen LogP contribution in [-0.4, -0.2) is 38.5 Å². The lowest BCUT2D eigenvalue weighted by Gasteiger charge is -2.20. The van der Waals surface area contributed by atoms with Gasteiger partial charge in [-0.1, -0.05) is 23.7 Å². The summed E-state index contributed by atoms with van der Waals surface area (Å²) >= 11 is 6.42. The second-order valence-electron chi connectivity index (χ2n) is 11.0. The molecule has 0 unspecified atom stereocenters. The molecular weight excluding hydrogens is 606 g/mol. The molecule has 0 aliphatic heterocycles. The number of halogens is 1. The highest BCUT2D eigenvalue weighted by atomic mass is 35.5. The molecule has 2 aromatic heterocycles. The highest BCUT2D eigenvalue weighted by Gasteiger charge is 2.18. The molecule has 0 bridgehead atoms. The summed E-state index contributed by atoms with van der Waals surface area (Å²) in [6.45, 7) is 5.28. The molecule has 5 rings (SSSR count). The number of pyridine rings is 1. The number of anilines is 5. The van der Waals surface area contributed by atoms with Gasteiger partial charge < -0.3 is 20.7 Å². The van der Waals surface area contributed by atoms with Crippen molar-refractivity contribution in [1.29, 1.82) is 0 Å². The number of carbonyl (C=O) groups is 3. The van der Waals surface area contributed by atoms with Crippen LogP contribution < -0.4 is 21.3 Å². The van der Waals surface area contributed by atoms with Gasteiger partial charge in [0.2, 0.25) is 5.95 Å². The molecule has 0 aliphatic rings. The molecule has 0 aliphatic carbocycles. The maximum Gasteiger partial charge on any atom is 0.412 e.